The van der Waals surface area contributed by atoms with Crippen LogP contribution in [0.2, 0.25) is 0 Å². The first kappa shape index (κ1) is 16.3. The van der Waals surface area contributed by atoms with Crippen molar-refractivity contribution in [3.05, 3.63) is 0 Å². The lowest BCUT2D eigenvalue weighted by atomic mass is 11.0. The van der Waals surface area contributed by atoms with Crippen molar-refractivity contribution < 1.29 is 0 Å². The van der Waals surface area contributed by atoms with Crippen molar-refractivity contribution in [3.8, 4) is 0 Å². The third-order valence-corrected chi connectivity index (χ3v) is 0. The van der Waals surface area contributed by atoms with Crippen LogP contribution >= 0.6 is 12.4 Å². The molecule has 0 radical (unpaired) electrons. The van der Waals surface area contributed by atoms with Gasteiger partial charge in [-0.25, -0.2) is 0 Å². The summed E-state index contributed by atoms with van der Waals surface area (Å²) in [5.74, 6) is 0. The van der Waals surface area contributed by atoms with E-state index in [1.807, 2.05) is 27.9 Å². The second-order valence-electron chi connectivity index (χ2n) is 0.500. The summed E-state index contributed by atoms with van der Waals surface area (Å²) >= 11 is 0. The Kier molecular flexibility index (Phi) is 165. The van der Waals surface area contributed by atoms with E-state index in [1.165, 1.54) is 0 Å². The molecule has 1 N–H and O–H groups in total. The molecule has 0 atom stereocenters. The van der Waals surface area contributed by atoms with Gasteiger partial charge >= 0.3 is 0 Å². The molecule has 0 unspecified atom stereocenters. The van der Waals surface area contributed by atoms with Crippen molar-refractivity contribution in [1.82, 2.24) is 5.32 Å². The van der Waals surface area contributed by atoms with Crippen LogP contribution in [0.3, 0.4) is 0 Å². The smallest absolute Gasteiger partial charge is 0.0167 e. The van der Waals surface area contributed by atoms with Crippen LogP contribution in [0.4, 0.5) is 0 Å². The van der Waals surface area contributed by atoms with Crippen LogP contribution in [-0.4, -0.2) is 14.1 Å². The molecule has 0 bridgehead atoms. The topological polar surface area (TPSA) is 12.0 Å². The third-order valence-electron chi connectivity index (χ3n) is 0. The van der Waals surface area contributed by atoms with E-state index in [1.54, 1.807) is 0 Å². The lowest BCUT2D eigenvalue weighted by Gasteiger charge is -1.59. The van der Waals surface area contributed by atoms with Gasteiger partial charge in [0.05, 0.1) is 0 Å². The minimum Gasteiger partial charge on any atom is -0.323 e. The molecular formula is C4H14ClN. The molecule has 0 aliphatic rings. The van der Waals surface area contributed by atoms with Crippen molar-refractivity contribution in [2.75, 3.05) is 14.1 Å². The second kappa shape index (κ2) is 60.7. The van der Waals surface area contributed by atoms with Crippen molar-refractivity contribution in [2.24, 2.45) is 0 Å². The van der Waals surface area contributed by atoms with Gasteiger partial charge in [-0.05, 0) is 14.1 Å². The van der Waals surface area contributed by atoms with Crippen LogP contribution in [0.15, 0.2) is 0 Å². The second-order valence-corrected chi connectivity index (χ2v) is 0.500. The fourth-order valence-electron chi connectivity index (χ4n) is 0. The van der Waals surface area contributed by atoms with Crippen LogP contribution in [0.5, 0.6) is 0 Å². The lowest BCUT2D eigenvalue weighted by Crippen LogP contribution is -1.89. The highest BCUT2D eigenvalue weighted by molar-refractivity contribution is 5.85. The first-order valence-electron chi connectivity index (χ1n) is 2.00. The standard InChI is InChI=1S/C2H7N.C2H6.ClH/c1-3-2;1-2;/h3H,1-2H3;1-2H3;1H. The highest BCUT2D eigenvalue weighted by atomic mass is 35.5. The van der Waals surface area contributed by atoms with Crippen LogP contribution in [-0.2, 0) is 0 Å². The molecule has 0 heterocycles. The molecule has 0 saturated carbocycles. The van der Waals surface area contributed by atoms with E-state index < -0.39 is 0 Å². The van der Waals surface area contributed by atoms with Crippen molar-refractivity contribution in [1.29, 1.82) is 0 Å². The van der Waals surface area contributed by atoms with Gasteiger partial charge in [-0.2, -0.15) is 0 Å². The Hall–Kier alpha value is 0.250. The van der Waals surface area contributed by atoms with E-state index in [0.29, 0.717) is 0 Å². The minimum atomic E-state index is 0. The summed E-state index contributed by atoms with van der Waals surface area (Å²) < 4.78 is 0. The molecule has 0 aromatic carbocycles. The quantitative estimate of drug-likeness (QED) is 0.497. The normalized spacial score (nSPS) is 4.00. The molecule has 6 heavy (non-hydrogen) atoms. The molecule has 0 fully saturated rings. The summed E-state index contributed by atoms with van der Waals surface area (Å²) in [6.45, 7) is 4.00. The van der Waals surface area contributed by atoms with Crippen LogP contribution in [0.25, 0.3) is 0 Å². The van der Waals surface area contributed by atoms with E-state index in [-0.39, 0.29) is 12.4 Å². The lowest BCUT2D eigenvalue weighted by molar-refractivity contribution is 1.02. The molecule has 1 nitrogen and oxygen atoms in total. The Morgan fingerprint density at radius 3 is 1.00 bits per heavy atom. The average Bonchev–Trinajstić information content (AvgIpc) is 1.46. The van der Waals surface area contributed by atoms with Gasteiger partial charge in [0.25, 0.3) is 0 Å². The largest absolute Gasteiger partial charge is 0.323 e. The van der Waals surface area contributed by atoms with Gasteiger partial charge in [0.1, 0.15) is 0 Å². The summed E-state index contributed by atoms with van der Waals surface area (Å²) in [5.41, 5.74) is 0. The fourth-order valence-corrected chi connectivity index (χ4v) is 0. The number of hydrogen-bond donors (Lipinski definition) is 1. The molecule has 0 aromatic rings. The highest BCUT2D eigenvalue weighted by Gasteiger charge is 1.25. The van der Waals surface area contributed by atoms with Gasteiger partial charge < -0.3 is 5.32 Å². The van der Waals surface area contributed by atoms with Gasteiger partial charge in [0.15, 0.2) is 0 Å². The Morgan fingerprint density at radius 2 is 1.00 bits per heavy atom. The van der Waals surface area contributed by atoms with E-state index in [9.17, 15) is 0 Å². The van der Waals surface area contributed by atoms with Gasteiger partial charge in [0.2, 0.25) is 0 Å². The number of halogens is 1. The summed E-state index contributed by atoms with van der Waals surface area (Å²) in [4.78, 5) is 0. The van der Waals surface area contributed by atoms with Crippen molar-refractivity contribution >= 4 is 12.4 Å². The predicted octanol–water partition coefficient (Wildman–Crippen LogP) is 1.28. The van der Waals surface area contributed by atoms with Gasteiger partial charge in [0, 0.05) is 0 Å². The van der Waals surface area contributed by atoms with E-state index in [0.717, 1.165) is 0 Å². The molecule has 0 aliphatic carbocycles. The van der Waals surface area contributed by atoms with Crippen LogP contribution in [0.1, 0.15) is 13.8 Å². The molecule has 0 aliphatic heterocycles. The van der Waals surface area contributed by atoms with Crippen molar-refractivity contribution in [3.63, 3.8) is 0 Å². The average molecular weight is 112 g/mol. The zero-order valence-corrected chi connectivity index (χ0v) is 5.72. The number of hydrogen-bond acceptors (Lipinski definition) is 1. The number of rotatable bonds is 0. The third kappa shape index (κ3) is 718. The fraction of sp³-hybridized carbons (Fsp3) is 1.00. The van der Waals surface area contributed by atoms with E-state index in [4.69, 9.17) is 0 Å². The maximum atomic E-state index is 2.75. The first-order chi connectivity index (χ1) is 2.41. The molecule has 2 heteroatoms. The zero-order chi connectivity index (χ0) is 4.71. The molecule has 42 valence electrons. The molecule has 0 rings (SSSR count). The monoisotopic (exact) mass is 111 g/mol. The summed E-state index contributed by atoms with van der Waals surface area (Å²) in [6.07, 6.45) is 0. The molecule has 0 aromatic heterocycles. The minimum absolute atomic E-state index is 0. The Morgan fingerprint density at radius 1 is 1.00 bits per heavy atom. The number of nitrogens with one attached hydrogen (secondary N) is 1. The van der Waals surface area contributed by atoms with Gasteiger partial charge in [-0.1, -0.05) is 13.8 Å². The molecule has 0 saturated heterocycles. The summed E-state index contributed by atoms with van der Waals surface area (Å²) in [7, 11) is 3.75. The molecular weight excluding hydrogens is 97.5 g/mol. The zero-order valence-electron chi connectivity index (χ0n) is 4.91. The first-order valence-corrected chi connectivity index (χ1v) is 2.00. The Bertz CT molecular complexity index is 7.51. The Labute approximate surface area is 46.5 Å². The molecule has 0 spiro atoms. The maximum Gasteiger partial charge on any atom is -0.0167 e. The predicted molar refractivity (Wildman–Crippen MR) is 33.6 cm³/mol. The van der Waals surface area contributed by atoms with E-state index in [2.05, 4.69) is 5.32 Å². The highest BCUT2D eigenvalue weighted by Crippen LogP contribution is 1.14. The van der Waals surface area contributed by atoms with Crippen LogP contribution < -0.4 is 5.32 Å². The molecule has 0 amide bonds. The van der Waals surface area contributed by atoms with Gasteiger partial charge in [-0.15, -0.1) is 12.4 Å². The van der Waals surface area contributed by atoms with Crippen molar-refractivity contribution in [2.45, 2.75) is 13.8 Å². The maximum absolute atomic E-state index is 2.75. The summed E-state index contributed by atoms with van der Waals surface area (Å²) in [5, 5.41) is 2.75. The van der Waals surface area contributed by atoms with Gasteiger partial charge in [-0.3, -0.25) is 0 Å². The van der Waals surface area contributed by atoms with Crippen LogP contribution in [0, 0.1) is 0 Å². The van der Waals surface area contributed by atoms with E-state index >= 15 is 0 Å². The SMILES string of the molecule is CC.CNC.Cl. The Balaban J connectivity index is -0.0000000275. The summed E-state index contributed by atoms with van der Waals surface area (Å²) in [6, 6.07) is 0.